The van der Waals surface area contributed by atoms with Gasteiger partial charge in [0.1, 0.15) is 11.5 Å². The summed E-state index contributed by atoms with van der Waals surface area (Å²) in [5, 5.41) is 7.01. The summed E-state index contributed by atoms with van der Waals surface area (Å²) in [7, 11) is 0. The molecular formula is C18H21FN4O3S. The number of halogens is 1. The molecule has 1 aromatic carbocycles. The number of carbonyl (C=O) groups excluding carboxylic acids is 2. The third kappa shape index (κ3) is 4.81. The number of carbonyl (C=O) groups is 2. The van der Waals surface area contributed by atoms with Gasteiger partial charge >= 0.3 is 0 Å². The van der Waals surface area contributed by atoms with Crippen molar-refractivity contribution in [1.29, 1.82) is 0 Å². The zero-order chi connectivity index (χ0) is 19.6. The molecule has 2 unspecified atom stereocenters. The molecule has 2 amide bonds. The number of nitrogens with one attached hydrogen (secondary N) is 2. The number of hydrogen-bond acceptors (Lipinski definition) is 6. The van der Waals surface area contributed by atoms with Crippen LogP contribution in [0, 0.1) is 5.82 Å². The Hall–Kier alpha value is -2.52. The average molecular weight is 392 g/mol. The Morgan fingerprint density at radius 1 is 1.26 bits per heavy atom. The SMILES string of the molecule is CC(=O)Nc1nc(C(=O)Nc2ccc(N3CC(C)OC(C)C3)c(F)c2)cs1. The van der Waals surface area contributed by atoms with Crippen LogP contribution in [0.15, 0.2) is 23.6 Å². The quantitative estimate of drug-likeness (QED) is 0.835. The molecule has 0 saturated carbocycles. The smallest absolute Gasteiger partial charge is 0.275 e. The van der Waals surface area contributed by atoms with Gasteiger partial charge in [-0.2, -0.15) is 0 Å². The van der Waals surface area contributed by atoms with E-state index in [1.807, 2.05) is 18.7 Å². The second kappa shape index (κ2) is 8.01. The first-order chi connectivity index (χ1) is 12.8. The van der Waals surface area contributed by atoms with Crippen molar-refractivity contribution in [1.82, 2.24) is 4.98 Å². The molecule has 2 atom stereocenters. The maximum absolute atomic E-state index is 14.6. The Labute approximate surface area is 160 Å². The Kier molecular flexibility index (Phi) is 5.71. The molecule has 9 heteroatoms. The van der Waals surface area contributed by atoms with Gasteiger partial charge in [0.2, 0.25) is 5.91 Å². The number of nitrogens with zero attached hydrogens (tertiary/aromatic N) is 2. The summed E-state index contributed by atoms with van der Waals surface area (Å²) in [6.45, 7) is 6.49. The molecule has 2 heterocycles. The zero-order valence-corrected chi connectivity index (χ0v) is 16.1. The molecule has 1 fully saturated rings. The van der Waals surface area contributed by atoms with Crippen molar-refractivity contribution in [3.05, 3.63) is 35.1 Å². The molecule has 27 heavy (non-hydrogen) atoms. The molecule has 0 spiro atoms. The summed E-state index contributed by atoms with van der Waals surface area (Å²) in [6, 6.07) is 4.60. The Morgan fingerprint density at radius 3 is 2.59 bits per heavy atom. The highest BCUT2D eigenvalue weighted by Crippen LogP contribution is 2.26. The Bertz CT molecular complexity index is 847. The van der Waals surface area contributed by atoms with Crippen LogP contribution in [-0.4, -0.2) is 42.1 Å². The van der Waals surface area contributed by atoms with Gasteiger partial charge in [-0.1, -0.05) is 0 Å². The van der Waals surface area contributed by atoms with Crippen molar-refractivity contribution in [3.8, 4) is 0 Å². The molecule has 3 rings (SSSR count). The van der Waals surface area contributed by atoms with E-state index in [1.54, 1.807) is 12.1 Å². The van der Waals surface area contributed by atoms with E-state index in [9.17, 15) is 14.0 Å². The third-order valence-corrected chi connectivity index (χ3v) is 4.74. The highest BCUT2D eigenvalue weighted by atomic mass is 32.1. The van der Waals surface area contributed by atoms with Crippen LogP contribution in [0.25, 0.3) is 0 Å². The molecule has 0 radical (unpaired) electrons. The molecule has 0 aliphatic carbocycles. The Morgan fingerprint density at radius 2 is 1.96 bits per heavy atom. The number of morpholine rings is 1. The van der Waals surface area contributed by atoms with Crippen molar-refractivity contribution in [2.45, 2.75) is 33.0 Å². The second-order valence-corrected chi connectivity index (χ2v) is 7.36. The molecule has 1 aromatic heterocycles. The summed E-state index contributed by atoms with van der Waals surface area (Å²) in [5.41, 5.74) is 0.977. The number of amides is 2. The van der Waals surface area contributed by atoms with Crippen molar-refractivity contribution < 1.29 is 18.7 Å². The van der Waals surface area contributed by atoms with E-state index in [1.165, 1.54) is 18.4 Å². The molecule has 144 valence electrons. The van der Waals surface area contributed by atoms with Crippen LogP contribution in [0.5, 0.6) is 0 Å². The number of hydrogen-bond donors (Lipinski definition) is 2. The van der Waals surface area contributed by atoms with Gasteiger partial charge in [-0.25, -0.2) is 9.37 Å². The number of aromatic nitrogens is 1. The summed E-state index contributed by atoms with van der Waals surface area (Å²) in [5.74, 6) is -1.14. The second-order valence-electron chi connectivity index (χ2n) is 6.50. The normalized spacial score (nSPS) is 19.6. The van der Waals surface area contributed by atoms with Crippen LogP contribution in [0.2, 0.25) is 0 Å². The van der Waals surface area contributed by atoms with Crippen LogP contribution >= 0.6 is 11.3 Å². The number of rotatable bonds is 4. The molecule has 7 nitrogen and oxygen atoms in total. The van der Waals surface area contributed by atoms with Crippen molar-refractivity contribution in [2.24, 2.45) is 0 Å². The molecular weight excluding hydrogens is 371 g/mol. The summed E-state index contributed by atoms with van der Waals surface area (Å²) >= 11 is 1.15. The Balaban J connectivity index is 1.69. The fourth-order valence-corrected chi connectivity index (χ4v) is 3.73. The van der Waals surface area contributed by atoms with Gasteiger partial charge in [0.05, 0.1) is 17.9 Å². The molecule has 2 aromatic rings. The fraction of sp³-hybridized carbons (Fsp3) is 0.389. The first kappa shape index (κ1) is 19.2. The van der Waals surface area contributed by atoms with Crippen LogP contribution in [0.1, 0.15) is 31.3 Å². The zero-order valence-electron chi connectivity index (χ0n) is 15.3. The topological polar surface area (TPSA) is 83.6 Å². The van der Waals surface area contributed by atoms with Gasteiger partial charge in [0, 0.05) is 31.1 Å². The first-order valence-corrected chi connectivity index (χ1v) is 9.44. The monoisotopic (exact) mass is 392 g/mol. The minimum atomic E-state index is -0.469. The van der Waals surface area contributed by atoms with Gasteiger partial charge in [0.25, 0.3) is 5.91 Å². The third-order valence-electron chi connectivity index (χ3n) is 3.99. The van der Waals surface area contributed by atoms with E-state index in [4.69, 9.17) is 4.74 Å². The van der Waals surface area contributed by atoms with Gasteiger partial charge < -0.3 is 20.3 Å². The summed E-state index contributed by atoms with van der Waals surface area (Å²) < 4.78 is 20.3. The first-order valence-electron chi connectivity index (χ1n) is 8.56. The molecule has 0 bridgehead atoms. The molecule has 1 saturated heterocycles. The van der Waals surface area contributed by atoms with E-state index >= 15 is 0 Å². The predicted octanol–water partition coefficient (Wildman–Crippen LogP) is 3.11. The predicted molar refractivity (Wildman–Crippen MR) is 103 cm³/mol. The average Bonchev–Trinajstić information content (AvgIpc) is 3.01. The number of anilines is 3. The minimum absolute atomic E-state index is 0.0232. The lowest BCUT2D eigenvalue weighted by atomic mass is 10.2. The highest BCUT2D eigenvalue weighted by molar-refractivity contribution is 7.14. The number of ether oxygens (including phenoxy) is 1. The fourth-order valence-electron chi connectivity index (χ4n) is 3.00. The lowest BCUT2D eigenvalue weighted by molar-refractivity contribution is -0.114. The highest BCUT2D eigenvalue weighted by Gasteiger charge is 2.24. The van der Waals surface area contributed by atoms with Gasteiger partial charge in [0.15, 0.2) is 5.13 Å². The summed E-state index contributed by atoms with van der Waals surface area (Å²) in [6.07, 6.45) is 0.0463. The maximum Gasteiger partial charge on any atom is 0.275 e. The minimum Gasteiger partial charge on any atom is -0.372 e. The summed E-state index contributed by atoms with van der Waals surface area (Å²) in [4.78, 5) is 29.3. The molecule has 1 aliphatic rings. The van der Waals surface area contributed by atoms with E-state index in [2.05, 4.69) is 15.6 Å². The number of thiazole rings is 1. The van der Waals surface area contributed by atoms with Gasteiger partial charge in [-0.15, -0.1) is 11.3 Å². The lowest BCUT2D eigenvalue weighted by Crippen LogP contribution is -2.45. The van der Waals surface area contributed by atoms with Gasteiger partial charge in [-0.3, -0.25) is 9.59 Å². The largest absolute Gasteiger partial charge is 0.372 e. The maximum atomic E-state index is 14.6. The van der Waals surface area contributed by atoms with Crippen molar-refractivity contribution >= 4 is 39.7 Å². The van der Waals surface area contributed by atoms with Gasteiger partial charge in [-0.05, 0) is 32.0 Å². The molecule has 1 aliphatic heterocycles. The van der Waals surface area contributed by atoms with Crippen LogP contribution in [0.3, 0.4) is 0 Å². The van der Waals surface area contributed by atoms with E-state index in [0.29, 0.717) is 29.6 Å². The molecule has 2 N–H and O–H groups in total. The van der Waals surface area contributed by atoms with E-state index in [-0.39, 0.29) is 23.8 Å². The lowest BCUT2D eigenvalue weighted by Gasteiger charge is -2.37. The van der Waals surface area contributed by atoms with Crippen LogP contribution in [0.4, 0.5) is 20.9 Å². The van der Waals surface area contributed by atoms with Crippen molar-refractivity contribution in [2.75, 3.05) is 28.6 Å². The van der Waals surface area contributed by atoms with E-state index in [0.717, 1.165) is 11.3 Å². The number of benzene rings is 1. The van der Waals surface area contributed by atoms with Crippen molar-refractivity contribution in [3.63, 3.8) is 0 Å². The van der Waals surface area contributed by atoms with Crippen LogP contribution < -0.4 is 15.5 Å². The standard InChI is InChI=1S/C18H21FN4O3S/c1-10-7-23(8-11(2)26-10)16-5-4-13(6-14(16)19)21-17(25)15-9-27-18(22-15)20-12(3)24/h4-6,9-11H,7-8H2,1-3H3,(H,21,25)(H,20,22,24). The van der Waals surface area contributed by atoms with E-state index < -0.39 is 11.7 Å². The van der Waals surface area contributed by atoms with Crippen LogP contribution in [-0.2, 0) is 9.53 Å².